The van der Waals surface area contributed by atoms with E-state index in [0.29, 0.717) is 35.5 Å². The molecule has 0 aliphatic heterocycles. The maximum Gasteiger partial charge on any atom is 0.152 e. The molecule has 4 aliphatic carbocycles. The van der Waals surface area contributed by atoms with Crippen molar-refractivity contribution < 1.29 is 9.84 Å². The van der Waals surface area contributed by atoms with Crippen molar-refractivity contribution in [3.8, 4) is 0 Å². The van der Waals surface area contributed by atoms with Gasteiger partial charge in [-0.1, -0.05) is 100 Å². The molecule has 14 unspecified atom stereocenters. The van der Waals surface area contributed by atoms with Crippen LogP contribution in [0.3, 0.4) is 0 Å². The fourth-order valence-corrected chi connectivity index (χ4v) is 12.6. The quantitative estimate of drug-likeness (QED) is 0.292. The molecule has 0 amide bonds. The number of allylic oxidation sites excluding steroid dienone is 2. The lowest BCUT2D eigenvalue weighted by molar-refractivity contribution is -0.325. The van der Waals surface area contributed by atoms with E-state index < -0.39 is 6.29 Å². The molecule has 37 heavy (non-hydrogen) atoms. The molecule has 4 aliphatic rings. The predicted octanol–water partition coefficient (Wildman–Crippen LogP) is 9.37. The van der Waals surface area contributed by atoms with Crippen LogP contribution in [0.25, 0.3) is 0 Å². The number of fused-ring (bicyclic) bond motifs is 3. The van der Waals surface area contributed by atoms with Gasteiger partial charge in [0.25, 0.3) is 0 Å². The van der Waals surface area contributed by atoms with E-state index in [1.165, 1.54) is 25.7 Å². The molecule has 4 rings (SSSR count). The molecule has 0 bridgehead atoms. The zero-order valence-corrected chi connectivity index (χ0v) is 26.8. The minimum atomic E-state index is -0.734. The monoisotopic (exact) mass is 514 g/mol. The highest BCUT2D eigenvalue weighted by molar-refractivity contribution is 5.32. The van der Waals surface area contributed by atoms with Crippen molar-refractivity contribution in [2.45, 2.75) is 135 Å². The zero-order chi connectivity index (χ0) is 27.8. The summed E-state index contributed by atoms with van der Waals surface area (Å²) in [6, 6.07) is 0. The standard InChI is InChI=1S/C35H62O2/c1-14-15-27-16-17-28-23(7)34(12)31(22(6)30(28)21(27)5)25(9)35(13)24(8)29(19(2)3)20(4)18-33(35,11)32(34)37-26(10)36/h19,21-28,30-32,36H,14-18H2,1-13H3. The van der Waals surface area contributed by atoms with Crippen molar-refractivity contribution >= 4 is 0 Å². The largest absolute Gasteiger partial charge is 0.368 e. The Kier molecular flexibility index (Phi) is 7.96. The van der Waals surface area contributed by atoms with Crippen LogP contribution in [0.1, 0.15) is 122 Å². The molecule has 2 nitrogen and oxygen atoms in total. The Balaban J connectivity index is 1.92. The van der Waals surface area contributed by atoms with Gasteiger partial charge in [0.05, 0.1) is 6.10 Å². The topological polar surface area (TPSA) is 29.5 Å². The van der Waals surface area contributed by atoms with Gasteiger partial charge in [-0.25, -0.2) is 0 Å². The summed E-state index contributed by atoms with van der Waals surface area (Å²) in [6.07, 6.45) is 5.90. The highest BCUT2D eigenvalue weighted by atomic mass is 16.6. The molecule has 14 atom stereocenters. The summed E-state index contributed by atoms with van der Waals surface area (Å²) in [7, 11) is 0. The molecule has 2 heteroatoms. The van der Waals surface area contributed by atoms with Crippen LogP contribution in [0.15, 0.2) is 11.1 Å². The smallest absolute Gasteiger partial charge is 0.152 e. The first-order chi connectivity index (χ1) is 17.1. The lowest BCUT2D eigenvalue weighted by atomic mass is 9.30. The van der Waals surface area contributed by atoms with Crippen molar-refractivity contribution in [2.75, 3.05) is 0 Å². The first-order valence-electron chi connectivity index (χ1n) is 16.1. The zero-order valence-electron chi connectivity index (χ0n) is 26.8. The Morgan fingerprint density at radius 3 is 2.11 bits per heavy atom. The maximum absolute atomic E-state index is 10.8. The SMILES string of the molecule is CCCC1CCC2C(C1C)C(C)C1C(C)C3(C)C(C)C(C(C)C)=C(C)CC3(C)C(OC(C)O)C1(C)C2C. The van der Waals surface area contributed by atoms with E-state index in [1.54, 1.807) is 11.1 Å². The fourth-order valence-electron chi connectivity index (χ4n) is 12.6. The van der Waals surface area contributed by atoms with Gasteiger partial charge in [-0.2, -0.15) is 0 Å². The number of aliphatic hydroxyl groups excluding tert-OH is 1. The maximum atomic E-state index is 10.8. The third kappa shape index (κ3) is 3.91. The van der Waals surface area contributed by atoms with Crippen LogP contribution in [-0.4, -0.2) is 17.5 Å². The van der Waals surface area contributed by atoms with Gasteiger partial charge in [0.2, 0.25) is 0 Å². The lowest BCUT2D eigenvalue weighted by Crippen LogP contribution is -2.74. The second-order valence-corrected chi connectivity index (χ2v) is 15.7. The van der Waals surface area contributed by atoms with Gasteiger partial charge in [0.15, 0.2) is 6.29 Å². The van der Waals surface area contributed by atoms with Crippen LogP contribution in [0.2, 0.25) is 0 Å². The lowest BCUT2D eigenvalue weighted by Gasteiger charge is -2.75. The average Bonchev–Trinajstić information content (AvgIpc) is 2.79. The number of ether oxygens (including phenoxy) is 1. The van der Waals surface area contributed by atoms with Crippen LogP contribution in [-0.2, 0) is 4.74 Å². The van der Waals surface area contributed by atoms with E-state index >= 15 is 0 Å². The van der Waals surface area contributed by atoms with Gasteiger partial charge in [-0.15, -0.1) is 0 Å². The van der Waals surface area contributed by atoms with Crippen molar-refractivity contribution in [2.24, 2.45) is 75.4 Å². The third-order valence-electron chi connectivity index (χ3n) is 14.2. The molecular formula is C35H62O2. The van der Waals surface area contributed by atoms with Crippen LogP contribution in [0, 0.1) is 75.4 Å². The highest BCUT2D eigenvalue weighted by Crippen LogP contribution is 2.76. The van der Waals surface area contributed by atoms with E-state index in [0.717, 1.165) is 30.1 Å². The summed E-state index contributed by atoms with van der Waals surface area (Å²) in [5.41, 5.74) is 3.44. The van der Waals surface area contributed by atoms with Crippen molar-refractivity contribution in [3.63, 3.8) is 0 Å². The minimum absolute atomic E-state index is 0.0115. The van der Waals surface area contributed by atoms with Crippen molar-refractivity contribution in [1.29, 1.82) is 0 Å². The third-order valence-corrected chi connectivity index (χ3v) is 14.2. The van der Waals surface area contributed by atoms with Gasteiger partial charge >= 0.3 is 0 Å². The highest BCUT2D eigenvalue weighted by Gasteiger charge is 2.73. The first-order valence-corrected chi connectivity index (χ1v) is 16.1. The van der Waals surface area contributed by atoms with Crippen LogP contribution in [0.5, 0.6) is 0 Å². The molecule has 0 heterocycles. The Hall–Kier alpha value is -0.340. The molecule has 0 aromatic rings. The van der Waals surface area contributed by atoms with Crippen LogP contribution in [0.4, 0.5) is 0 Å². The summed E-state index contributed by atoms with van der Waals surface area (Å²) in [5, 5.41) is 10.8. The van der Waals surface area contributed by atoms with Gasteiger partial charge in [0, 0.05) is 10.8 Å². The van der Waals surface area contributed by atoms with Gasteiger partial charge in [-0.3, -0.25) is 0 Å². The molecule has 1 N–H and O–H groups in total. The first kappa shape index (κ1) is 29.6. The van der Waals surface area contributed by atoms with E-state index in [9.17, 15) is 5.11 Å². The number of hydrogen-bond acceptors (Lipinski definition) is 2. The van der Waals surface area contributed by atoms with Crippen LogP contribution < -0.4 is 0 Å². The van der Waals surface area contributed by atoms with Crippen molar-refractivity contribution in [3.05, 3.63) is 11.1 Å². The normalized spacial score (nSPS) is 52.9. The number of hydrogen-bond donors (Lipinski definition) is 1. The van der Waals surface area contributed by atoms with Crippen LogP contribution >= 0.6 is 0 Å². The number of rotatable bonds is 5. The molecule has 0 saturated heterocycles. The molecule has 0 aromatic carbocycles. The molecule has 0 radical (unpaired) electrons. The van der Waals surface area contributed by atoms with E-state index in [2.05, 4.69) is 83.1 Å². The Morgan fingerprint density at radius 2 is 1.57 bits per heavy atom. The van der Waals surface area contributed by atoms with Gasteiger partial charge in [-0.05, 0) is 97.7 Å². The van der Waals surface area contributed by atoms with E-state index in [-0.39, 0.29) is 22.3 Å². The Bertz CT molecular complexity index is 872. The fraction of sp³-hybridized carbons (Fsp3) is 0.943. The predicted molar refractivity (Wildman–Crippen MR) is 157 cm³/mol. The van der Waals surface area contributed by atoms with E-state index in [4.69, 9.17) is 4.74 Å². The molecule has 3 saturated carbocycles. The Labute approximate surface area is 230 Å². The second kappa shape index (κ2) is 9.94. The molecule has 0 aromatic heterocycles. The number of aliphatic hydroxyl groups is 1. The van der Waals surface area contributed by atoms with Gasteiger partial charge in [0.1, 0.15) is 0 Å². The van der Waals surface area contributed by atoms with Crippen molar-refractivity contribution in [1.82, 2.24) is 0 Å². The summed E-state index contributed by atoms with van der Waals surface area (Å²) in [5.74, 6) is 6.85. The summed E-state index contributed by atoms with van der Waals surface area (Å²) < 4.78 is 6.86. The second-order valence-electron chi connectivity index (χ2n) is 15.7. The molecule has 0 spiro atoms. The summed E-state index contributed by atoms with van der Waals surface area (Å²) >= 11 is 0. The minimum Gasteiger partial charge on any atom is -0.368 e. The van der Waals surface area contributed by atoms with E-state index in [1.807, 2.05) is 6.92 Å². The molecule has 214 valence electrons. The van der Waals surface area contributed by atoms with Gasteiger partial charge < -0.3 is 9.84 Å². The summed E-state index contributed by atoms with van der Waals surface area (Å²) in [6.45, 7) is 32.2. The molecular weight excluding hydrogens is 452 g/mol. The Morgan fingerprint density at radius 1 is 0.946 bits per heavy atom. The average molecular weight is 515 g/mol. The molecule has 3 fully saturated rings. The summed E-state index contributed by atoms with van der Waals surface area (Å²) in [4.78, 5) is 0.